The van der Waals surface area contributed by atoms with E-state index in [4.69, 9.17) is 13.9 Å². The first kappa shape index (κ1) is 19.6. The van der Waals surface area contributed by atoms with Gasteiger partial charge in [-0.2, -0.15) is 0 Å². The lowest BCUT2D eigenvalue weighted by atomic mass is 10.0. The quantitative estimate of drug-likeness (QED) is 0.524. The monoisotopic (exact) mass is 405 g/mol. The standard InChI is InChI=1S/C23H23N3O4/c1-14-5-6-19-15(9-14)12-20(30-19)23(27)25-21(22-24-7-8-26(22)2)16-10-17(28-3)13-18(11-16)29-4/h5-13,21H,1-4H3,(H,25,27). The SMILES string of the molecule is COc1cc(OC)cc(C(NC(=O)c2cc3cc(C)ccc3o2)c2nccn2C)c1. The van der Waals surface area contributed by atoms with Crippen LogP contribution in [-0.4, -0.2) is 29.7 Å². The Morgan fingerprint density at radius 3 is 2.47 bits per heavy atom. The van der Waals surface area contributed by atoms with E-state index in [1.807, 2.05) is 55.1 Å². The Bertz CT molecular complexity index is 1190. The first-order valence-electron chi connectivity index (χ1n) is 9.49. The molecular formula is C23H23N3O4. The van der Waals surface area contributed by atoms with Crippen molar-refractivity contribution in [3.8, 4) is 11.5 Å². The van der Waals surface area contributed by atoms with Crippen LogP contribution in [0.1, 0.15) is 33.5 Å². The number of nitrogens with one attached hydrogen (secondary N) is 1. The second-order valence-electron chi connectivity index (χ2n) is 7.10. The molecule has 1 unspecified atom stereocenters. The molecule has 4 rings (SSSR count). The zero-order chi connectivity index (χ0) is 21.3. The van der Waals surface area contributed by atoms with E-state index in [-0.39, 0.29) is 11.7 Å². The summed E-state index contributed by atoms with van der Waals surface area (Å²) in [5.74, 6) is 1.82. The summed E-state index contributed by atoms with van der Waals surface area (Å²) in [7, 11) is 5.05. The summed E-state index contributed by atoms with van der Waals surface area (Å²) in [6.07, 6.45) is 3.52. The molecule has 0 aliphatic heterocycles. The van der Waals surface area contributed by atoms with Gasteiger partial charge in [0.05, 0.1) is 14.2 Å². The summed E-state index contributed by atoms with van der Waals surface area (Å²) in [5.41, 5.74) is 2.55. The number of ether oxygens (including phenoxy) is 2. The highest BCUT2D eigenvalue weighted by Crippen LogP contribution is 2.30. The van der Waals surface area contributed by atoms with Gasteiger partial charge in [-0.15, -0.1) is 0 Å². The predicted molar refractivity (Wildman–Crippen MR) is 113 cm³/mol. The summed E-state index contributed by atoms with van der Waals surface area (Å²) in [4.78, 5) is 17.5. The van der Waals surface area contributed by atoms with Gasteiger partial charge in [-0.05, 0) is 42.8 Å². The minimum absolute atomic E-state index is 0.240. The molecule has 0 aliphatic rings. The van der Waals surface area contributed by atoms with Crippen LogP contribution in [0.2, 0.25) is 0 Å². The third kappa shape index (κ3) is 3.74. The number of furan rings is 1. The van der Waals surface area contributed by atoms with E-state index in [0.29, 0.717) is 22.9 Å². The number of aromatic nitrogens is 2. The van der Waals surface area contributed by atoms with E-state index in [0.717, 1.165) is 16.5 Å². The highest BCUT2D eigenvalue weighted by Gasteiger charge is 2.24. The molecule has 2 aromatic heterocycles. The number of carbonyl (C=O) groups excluding carboxylic acids is 1. The van der Waals surface area contributed by atoms with E-state index in [2.05, 4.69) is 10.3 Å². The Morgan fingerprint density at radius 2 is 1.83 bits per heavy atom. The van der Waals surface area contributed by atoms with Crippen molar-refractivity contribution in [2.24, 2.45) is 7.05 Å². The topological polar surface area (TPSA) is 78.5 Å². The second-order valence-corrected chi connectivity index (χ2v) is 7.10. The minimum Gasteiger partial charge on any atom is -0.497 e. The molecule has 2 heterocycles. The number of benzene rings is 2. The number of hydrogen-bond donors (Lipinski definition) is 1. The van der Waals surface area contributed by atoms with Gasteiger partial charge >= 0.3 is 0 Å². The highest BCUT2D eigenvalue weighted by molar-refractivity contribution is 5.96. The fourth-order valence-electron chi connectivity index (χ4n) is 3.43. The van der Waals surface area contributed by atoms with Crippen molar-refractivity contribution in [3.05, 3.63) is 77.6 Å². The number of methoxy groups -OCH3 is 2. The Morgan fingerprint density at radius 1 is 1.10 bits per heavy atom. The van der Waals surface area contributed by atoms with E-state index < -0.39 is 6.04 Å². The van der Waals surface area contributed by atoms with E-state index in [9.17, 15) is 4.79 Å². The van der Waals surface area contributed by atoms with Crippen molar-refractivity contribution in [3.63, 3.8) is 0 Å². The molecule has 0 radical (unpaired) electrons. The Hall–Kier alpha value is -3.74. The summed E-state index contributed by atoms with van der Waals surface area (Å²) in [5, 5.41) is 3.93. The Kier molecular flexibility index (Phi) is 5.18. The van der Waals surface area contributed by atoms with E-state index in [1.165, 1.54) is 0 Å². The molecule has 0 fully saturated rings. The fraction of sp³-hybridized carbons (Fsp3) is 0.217. The van der Waals surface area contributed by atoms with Crippen LogP contribution in [-0.2, 0) is 7.05 Å². The Labute approximate surface area is 174 Å². The Balaban J connectivity index is 1.73. The first-order chi connectivity index (χ1) is 14.5. The van der Waals surface area contributed by atoms with Crippen LogP contribution in [0, 0.1) is 6.92 Å². The molecule has 1 N–H and O–H groups in total. The van der Waals surface area contributed by atoms with E-state index in [1.54, 1.807) is 32.5 Å². The molecule has 0 saturated heterocycles. The summed E-state index contributed by atoms with van der Waals surface area (Å²) >= 11 is 0. The van der Waals surface area contributed by atoms with Crippen LogP contribution in [0.3, 0.4) is 0 Å². The molecule has 0 aliphatic carbocycles. The van der Waals surface area contributed by atoms with Gasteiger partial charge in [-0.3, -0.25) is 4.79 Å². The van der Waals surface area contributed by atoms with Gasteiger partial charge in [0.1, 0.15) is 28.9 Å². The lowest BCUT2D eigenvalue weighted by Gasteiger charge is -2.20. The van der Waals surface area contributed by atoms with Gasteiger partial charge in [0, 0.05) is 30.9 Å². The number of amides is 1. The van der Waals surface area contributed by atoms with Crippen molar-refractivity contribution in [1.29, 1.82) is 0 Å². The number of fused-ring (bicyclic) bond motifs is 1. The second kappa shape index (κ2) is 7.94. The van der Waals surface area contributed by atoms with Crippen molar-refractivity contribution < 1.29 is 18.7 Å². The van der Waals surface area contributed by atoms with Gasteiger partial charge in [-0.25, -0.2) is 4.98 Å². The lowest BCUT2D eigenvalue weighted by molar-refractivity contribution is 0.0915. The van der Waals surface area contributed by atoms with Crippen LogP contribution in [0.15, 0.2) is 59.3 Å². The maximum atomic E-state index is 13.1. The molecule has 1 amide bonds. The molecule has 0 saturated carbocycles. The van der Waals surface area contributed by atoms with Gasteiger partial charge in [0.15, 0.2) is 5.76 Å². The average molecular weight is 405 g/mol. The normalized spacial score (nSPS) is 12.0. The van der Waals surface area contributed by atoms with Crippen molar-refractivity contribution >= 4 is 16.9 Å². The number of imidazole rings is 1. The molecule has 4 aromatic rings. The molecule has 0 spiro atoms. The molecule has 7 nitrogen and oxygen atoms in total. The average Bonchev–Trinajstić information content (AvgIpc) is 3.37. The van der Waals surface area contributed by atoms with Crippen molar-refractivity contribution in [2.75, 3.05) is 14.2 Å². The zero-order valence-electron chi connectivity index (χ0n) is 17.3. The van der Waals surface area contributed by atoms with E-state index >= 15 is 0 Å². The number of carbonyl (C=O) groups is 1. The van der Waals surface area contributed by atoms with Crippen LogP contribution < -0.4 is 14.8 Å². The predicted octanol–water partition coefficient (Wildman–Crippen LogP) is 4.01. The minimum atomic E-state index is -0.531. The van der Waals surface area contributed by atoms with Crippen LogP contribution in [0.25, 0.3) is 11.0 Å². The van der Waals surface area contributed by atoms with Crippen LogP contribution in [0.4, 0.5) is 0 Å². The van der Waals surface area contributed by atoms with Crippen molar-refractivity contribution in [2.45, 2.75) is 13.0 Å². The van der Waals surface area contributed by atoms with Crippen LogP contribution >= 0.6 is 0 Å². The molecule has 2 aromatic carbocycles. The van der Waals surface area contributed by atoms with Gasteiger partial charge in [0.2, 0.25) is 0 Å². The zero-order valence-corrected chi connectivity index (χ0v) is 17.3. The third-order valence-electron chi connectivity index (χ3n) is 4.99. The summed E-state index contributed by atoms with van der Waals surface area (Å²) in [6, 6.07) is 12.5. The maximum absolute atomic E-state index is 13.1. The largest absolute Gasteiger partial charge is 0.497 e. The summed E-state index contributed by atoms with van der Waals surface area (Å²) < 4.78 is 18.4. The number of hydrogen-bond acceptors (Lipinski definition) is 5. The molecule has 1 atom stereocenters. The maximum Gasteiger partial charge on any atom is 0.287 e. The smallest absolute Gasteiger partial charge is 0.287 e. The fourth-order valence-corrected chi connectivity index (χ4v) is 3.43. The van der Waals surface area contributed by atoms with Gasteiger partial charge in [0.25, 0.3) is 5.91 Å². The number of rotatable bonds is 6. The molecule has 7 heteroatoms. The molecule has 30 heavy (non-hydrogen) atoms. The van der Waals surface area contributed by atoms with Crippen LogP contribution in [0.5, 0.6) is 11.5 Å². The third-order valence-corrected chi connectivity index (χ3v) is 4.99. The highest BCUT2D eigenvalue weighted by atomic mass is 16.5. The molecule has 154 valence electrons. The first-order valence-corrected chi connectivity index (χ1v) is 9.49. The molecular weight excluding hydrogens is 382 g/mol. The lowest BCUT2D eigenvalue weighted by Crippen LogP contribution is -2.31. The van der Waals surface area contributed by atoms with Gasteiger partial charge < -0.3 is 23.8 Å². The number of nitrogens with zero attached hydrogens (tertiary/aromatic N) is 2. The van der Waals surface area contributed by atoms with Crippen molar-refractivity contribution in [1.82, 2.24) is 14.9 Å². The van der Waals surface area contributed by atoms with Gasteiger partial charge in [-0.1, -0.05) is 11.6 Å². The number of aryl methyl sites for hydroxylation is 2. The molecule has 0 bridgehead atoms. The summed E-state index contributed by atoms with van der Waals surface area (Å²) in [6.45, 7) is 2.00.